The fourth-order valence-corrected chi connectivity index (χ4v) is 2.13. The number of phenolic OH excluding ortho intramolecular Hbond substituents is 1. The molecule has 1 unspecified atom stereocenters. The summed E-state index contributed by atoms with van der Waals surface area (Å²) in [4.78, 5) is 23.8. The maximum absolute atomic E-state index is 11.9. The first-order valence-electron chi connectivity index (χ1n) is 6.78. The number of amides is 2. The molecule has 0 saturated carbocycles. The standard InChI is InChI=1S/C16H15BrN2O4/c1-10(23-12-6-4-5-11(17)9-12)15(21)18-19-16(22)13-7-2-3-8-14(13)20/h2-10,20H,1H3,(H,18,21)(H,19,22). The molecule has 0 saturated heterocycles. The van der Waals surface area contributed by atoms with Gasteiger partial charge in [0.1, 0.15) is 11.5 Å². The number of ether oxygens (including phenoxy) is 1. The third kappa shape index (κ3) is 4.72. The maximum Gasteiger partial charge on any atom is 0.279 e. The van der Waals surface area contributed by atoms with Crippen molar-refractivity contribution < 1.29 is 19.4 Å². The smallest absolute Gasteiger partial charge is 0.279 e. The van der Waals surface area contributed by atoms with Crippen molar-refractivity contribution in [2.75, 3.05) is 0 Å². The van der Waals surface area contributed by atoms with E-state index in [1.54, 1.807) is 37.3 Å². The molecule has 0 spiro atoms. The summed E-state index contributed by atoms with van der Waals surface area (Å²) in [6.07, 6.45) is -0.811. The number of benzene rings is 2. The highest BCUT2D eigenvalue weighted by Gasteiger charge is 2.17. The Labute approximate surface area is 141 Å². The van der Waals surface area contributed by atoms with Gasteiger partial charge in [-0.3, -0.25) is 20.4 Å². The number of hydrogen-bond donors (Lipinski definition) is 3. The molecule has 7 heteroatoms. The number of carbonyl (C=O) groups excluding carboxylic acids is 2. The van der Waals surface area contributed by atoms with Gasteiger partial charge in [0.25, 0.3) is 11.8 Å². The molecular weight excluding hydrogens is 364 g/mol. The van der Waals surface area contributed by atoms with E-state index >= 15 is 0 Å². The van der Waals surface area contributed by atoms with Gasteiger partial charge in [0.2, 0.25) is 0 Å². The van der Waals surface area contributed by atoms with Gasteiger partial charge in [-0.15, -0.1) is 0 Å². The molecule has 0 radical (unpaired) electrons. The fourth-order valence-electron chi connectivity index (χ4n) is 1.75. The Morgan fingerprint density at radius 1 is 1.13 bits per heavy atom. The summed E-state index contributed by atoms with van der Waals surface area (Å²) in [6, 6.07) is 13.1. The summed E-state index contributed by atoms with van der Waals surface area (Å²) >= 11 is 3.31. The van der Waals surface area contributed by atoms with Crippen molar-refractivity contribution in [2.45, 2.75) is 13.0 Å². The number of phenols is 1. The van der Waals surface area contributed by atoms with Crippen LogP contribution in [-0.2, 0) is 4.79 Å². The normalized spacial score (nSPS) is 11.4. The van der Waals surface area contributed by atoms with E-state index < -0.39 is 17.9 Å². The minimum absolute atomic E-state index is 0.0633. The SMILES string of the molecule is CC(Oc1cccc(Br)c1)C(=O)NNC(=O)c1ccccc1O. The number of nitrogens with one attached hydrogen (secondary N) is 2. The van der Waals surface area contributed by atoms with Gasteiger partial charge in [0, 0.05) is 4.47 Å². The minimum Gasteiger partial charge on any atom is -0.507 e. The highest BCUT2D eigenvalue weighted by atomic mass is 79.9. The topological polar surface area (TPSA) is 87.7 Å². The lowest BCUT2D eigenvalue weighted by atomic mass is 10.2. The van der Waals surface area contributed by atoms with Crippen molar-refractivity contribution in [3.05, 3.63) is 58.6 Å². The van der Waals surface area contributed by atoms with E-state index in [0.717, 1.165) is 4.47 Å². The molecule has 120 valence electrons. The van der Waals surface area contributed by atoms with Gasteiger partial charge in [0.15, 0.2) is 6.10 Å². The van der Waals surface area contributed by atoms with E-state index in [1.165, 1.54) is 12.1 Å². The molecule has 2 aromatic carbocycles. The molecule has 1 atom stereocenters. The molecule has 2 amide bonds. The van der Waals surface area contributed by atoms with Gasteiger partial charge < -0.3 is 9.84 Å². The van der Waals surface area contributed by atoms with E-state index in [4.69, 9.17) is 4.74 Å². The lowest BCUT2D eigenvalue weighted by Crippen LogP contribution is -2.47. The van der Waals surface area contributed by atoms with E-state index in [9.17, 15) is 14.7 Å². The lowest BCUT2D eigenvalue weighted by Gasteiger charge is -2.15. The molecule has 0 aliphatic heterocycles. The molecule has 2 aromatic rings. The molecule has 0 bridgehead atoms. The third-order valence-corrected chi connectivity index (χ3v) is 3.42. The van der Waals surface area contributed by atoms with Gasteiger partial charge in [-0.25, -0.2) is 0 Å². The van der Waals surface area contributed by atoms with Crippen LogP contribution in [0.5, 0.6) is 11.5 Å². The number of halogens is 1. The summed E-state index contributed by atoms with van der Waals surface area (Å²) in [6.45, 7) is 1.56. The Morgan fingerprint density at radius 2 is 1.87 bits per heavy atom. The van der Waals surface area contributed by atoms with Crippen molar-refractivity contribution in [1.82, 2.24) is 10.9 Å². The summed E-state index contributed by atoms with van der Waals surface area (Å²) in [7, 11) is 0. The highest BCUT2D eigenvalue weighted by molar-refractivity contribution is 9.10. The second kappa shape index (κ2) is 7.64. The summed E-state index contributed by atoms with van der Waals surface area (Å²) < 4.78 is 6.31. The summed E-state index contributed by atoms with van der Waals surface area (Å²) in [5, 5.41) is 9.57. The first kappa shape index (κ1) is 16.8. The molecule has 3 N–H and O–H groups in total. The Kier molecular flexibility index (Phi) is 5.59. The predicted octanol–water partition coefficient (Wildman–Crippen LogP) is 2.38. The lowest BCUT2D eigenvalue weighted by molar-refractivity contribution is -0.128. The molecule has 0 aliphatic rings. The number of hydrazine groups is 1. The number of aromatic hydroxyl groups is 1. The van der Waals surface area contributed by atoms with Crippen LogP contribution in [-0.4, -0.2) is 23.0 Å². The second-order valence-corrected chi connectivity index (χ2v) is 5.59. The van der Waals surface area contributed by atoms with Crippen LogP contribution in [0.15, 0.2) is 53.0 Å². The molecule has 23 heavy (non-hydrogen) atoms. The van der Waals surface area contributed by atoms with Crippen LogP contribution in [0.4, 0.5) is 0 Å². The van der Waals surface area contributed by atoms with Crippen molar-refractivity contribution in [2.24, 2.45) is 0 Å². The van der Waals surface area contributed by atoms with E-state index in [2.05, 4.69) is 26.8 Å². The van der Waals surface area contributed by atoms with Crippen LogP contribution in [0.2, 0.25) is 0 Å². The van der Waals surface area contributed by atoms with Crippen LogP contribution in [0, 0.1) is 0 Å². The highest BCUT2D eigenvalue weighted by Crippen LogP contribution is 2.19. The first-order valence-corrected chi connectivity index (χ1v) is 7.57. The number of carbonyl (C=O) groups is 2. The Hall–Kier alpha value is -2.54. The first-order chi connectivity index (χ1) is 11.0. The summed E-state index contributed by atoms with van der Waals surface area (Å²) in [5.41, 5.74) is 4.55. The van der Waals surface area contributed by atoms with Gasteiger partial charge >= 0.3 is 0 Å². The van der Waals surface area contributed by atoms with Gasteiger partial charge in [0.05, 0.1) is 5.56 Å². The van der Waals surface area contributed by atoms with Crippen LogP contribution < -0.4 is 15.6 Å². The van der Waals surface area contributed by atoms with E-state index in [0.29, 0.717) is 5.75 Å². The third-order valence-electron chi connectivity index (χ3n) is 2.93. The molecular formula is C16H15BrN2O4. The minimum atomic E-state index is -0.811. The predicted molar refractivity (Wildman–Crippen MR) is 87.9 cm³/mol. The maximum atomic E-state index is 11.9. The molecule has 2 rings (SSSR count). The van der Waals surface area contributed by atoms with E-state index in [1.807, 2.05) is 6.07 Å². The quantitative estimate of drug-likeness (QED) is 0.712. The van der Waals surface area contributed by atoms with Crippen LogP contribution in [0.25, 0.3) is 0 Å². The second-order valence-electron chi connectivity index (χ2n) is 4.68. The Morgan fingerprint density at radius 3 is 2.57 bits per heavy atom. The van der Waals surface area contributed by atoms with Crippen LogP contribution >= 0.6 is 15.9 Å². The monoisotopic (exact) mass is 378 g/mol. The molecule has 6 nitrogen and oxygen atoms in total. The van der Waals surface area contributed by atoms with E-state index in [-0.39, 0.29) is 11.3 Å². The van der Waals surface area contributed by atoms with Crippen molar-refractivity contribution in [3.8, 4) is 11.5 Å². The Bertz CT molecular complexity index is 721. The van der Waals surface area contributed by atoms with Gasteiger partial charge in [-0.2, -0.15) is 0 Å². The van der Waals surface area contributed by atoms with Crippen LogP contribution in [0.1, 0.15) is 17.3 Å². The van der Waals surface area contributed by atoms with Crippen LogP contribution in [0.3, 0.4) is 0 Å². The van der Waals surface area contributed by atoms with Crippen molar-refractivity contribution in [3.63, 3.8) is 0 Å². The van der Waals surface area contributed by atoms with Gasteiger partial charge in [-0.05, 0) is 37.3 Å². The molecule has 0 aromatic heterocycles. The number of para-hydroxylation sites is 1. The molecule has 0 heterocycles. The molecule has 0 fully saturated rings. The summed E-state index contributed by atoms with van der Waals surface area (Å²) in [5.74, 6) is -0.786. The number of hydrogen-bond acceptors (Lipinski definition) is 4. The van der Waals surface area contributed by atoms with Crippen molar-refractivity contribution in [1.29, 1.82) is 0 Å². The van der Waals surface area contributed by atoms with Gasteiger partial charge in [-0.1, -0.05) is 34.1 Å². The zero-order valence-electron chi connectivity index (χ0n) is 12.2. The largest absolute Gasteiger partial charge is 0.507 e. The molecule has 0 aliphatic carbocycles. The average molecular weight is 379 g/mol. The zero-order valence-corrected chi connectivity index (χ0v) is 13.8. The number of rotatable bonds is 4. The Balaban J connectivity index is 1.89. The average Bonchev–Trinajstić information content (AvgIpc) is 2.52. The van der Waals surface area contributed by atoms with Crippen molar-refractivity contribution >= 4 is 27.7 Å². The zero-order chi connectivity index (χ0) is 16.8. The fraction of sp³-hybridized carbons (Fsp3) is 0.125.